The molecule has 0 aliphatic carbocycles. The van der Waals surface area contributed by atoms with E-state index in [1.54, 1.807) is 23.1 Å². The molecule has 0 unspecified atom stereocenters. The molecule has 0 saturated heterocycles. The zero-order chi connectivity index (χ0) is 12.8. The van der Waals surface area contributed by atoms with Crippen molar-refractivity contribution < 1.29 is 4.39 Å². The molecule has 0 bridgehead atoms. The van der Waals surface area contributed by atoms with Crippen LogP contribution in [0.25, 0.3) is 27.5 Å². The third-order valence-corrected chi connectivity index (χ3v) is 3.21. The maximum absolute atomic E-state index is 13.9. The number of benzene rings is 2. The number of hydrogen-bond acceptors (Lipinski definition) is 2. The molecule has 4 nitrogen and oxygen atoms in total. The van der Waals surface area contributed by atoms with Gasteiger partial charge < -0.3 is 0 Å². The van der Waals surface area contributed by atoms with Crippen molar-refractivity contribution in [2.45, 2.75) is 0 Å². The highest BCUT2D eigenvalue weighted by Crippen LogP contribution is 2.23. The summed E-state index contributed by atoms with van der Waals surface area (Å²) in [5.74, 6) is -0.276. The van der Waals surface area contributed by atoms with Gasteiger partial charge in [0.05, 0.1) is 23.6 Å². The number of para-hydroxylation sites is 1. The van der Waals surface area contributed by atoms with Gasteiger partial charge in [0.15, 0.2) is 0 Å². The van der Waals surface area contributed by atoms with Crippen LogP contribution in [0.4, 0.5) is 4.39 Å². The lowest BCUT2D eigenvalue weighted by molar-refractivity contribution is 0.632. The molecule has 1 N–H and O–H groups in total. The molecule has 0 atom stereocenters. The van der Waals surface area contributed by atoms with Crippen LogP contribution < -0.4 is 0 Å². The van der Waals surface area contributed by atoms with Crippen LogP contribution in [-0.2, 0) is 0 Å². The number of halogens is 1. The summed E-state index contributed by atoms with van der Waals surface area (Å²) in [6, 6.07) is 10.7. The van der Waals surface area contributed by atoms with Gasteiger partial charge in [0.25, 0.3) is 0 Å². The molecule has 2 heterocycles. The molecule has 0 aliphatic heterocycles. The third kappa shape index (κ3) is 1.45. The predicted octanol–water partition coefficient (Wildman–Crippen LogP) is 3.04. The average Bonchev–Trinajstić information content (AvgIpc) is 3.04. The highest BCUT2D eigenvalue weighted by molar-refractivity contribution is 5.84. The van der Waals surface area contributed by atoms with Crippen LogP contribution in [0.3, 0.4) is 0 Å². The lowest BCUT2D eigenvalue weighted by atomic mass is 10.2. The van der Waals surface area contributed by atoms with Crippen LogP contribution in [-0.4, -0.2) is 20.0 Å². The predicted molar refractivity (Wildman–Crippen MR) is 70.7 cm³/mol. The molecule has 0 spiro atoms. The van der Waals surface area contributed by atoms with Gasteiger partial charge in [-0.05, 0) is 24.3 Å². The van der Waals surface area contributed by atoms with E-state index in [9.17, 15) is 4.39 Å². The molecule has 4 aromatic rings. The maximum atomic E-state index is 13.9. The topological polar surface area (TPSA) is 46.5 Å². The number of fused-ring (bicyclic) bond motifs is 2. The zero-order valence-corrected chi connectivity index (χ0v) is 9.84. The van der Waals surface area contributed by atoms with E-state index in [-0.39, 0.29) is 5.82 Å². The molecular formula is C14H9FN4. The van der Waals surface area contributed by atoms with Crippen molar-refractivity contribution in [3.63, 3.8) is 0 Å². The van der Waals surface area contributed by atoms with Gasteiger partial charge in [0.1, 0.15) is 11.3 Å². The van der Waals surface area contributed by atoms with Crippen LogP contribution in [0.2, 0.25) is 0 Å². The van der Waals surface area contributed by atoms with E-state index in [1.165, 1.54) is 6.07 Å². The Morgan fingerprint density at radius 3 is 2.95 bits per heavy atom. The molecule has 19 heavy (non-hydrogen) atoms. The first-order valence-electron chi connectivity index (χ1n) is 5.89. The SMILES string of the molecule is Fc1cccc2cnn(-c3ccc4[nH]ncc4c3)c12. The van der Waals surface area contributed by atoms with Gasteiger partial charge in [0.2, 0.25) is 0 Å². The summed E-state index contributed by atoms with van der Waals surface area (Å²) >= 11 is 0. The minimum atomic E-state index is -0.276. The second-order valence-corrected chi connectivity index (χ2v) is 4.38. The van der Waals surface area contributed by atoms with E-state index < -0.39 is 0 Å². The third-order valence-electron chi connectivity index (χ3n) is 3.21. The second kappa shape index (κ2) is 3.65. The Kier molecular flexibility index (Phi) is 1.97. The Hall–Kier alpha value is -2.69. The van der Waals surface area contributed by atoms with E-state index in [0.29, 0.717) is 5.52 Å². The van der Waals surface area contributed by atoms with E-state index in [0.717, 1.165) is 22.0 Å². The lowest BCUT2D eigenvalue weighted by Crippen LogP contribution is -1.97. The van der Waals surface area contributed by atoms with Crippen molar-refractivity contribution >= 4 is 21.8 Å². The summed E-state index contributed by atoms with van der Waals surface area (Å²) in [5.41, 5.74) is 2.25. The van der Waals surface area contributed by atoms with Crippen LogP contribution in [0.5, 0.6) is 0 Å². The Morgan fingerprint density at radius 2 is 2.00 bits per heavy atom. The molecule has 0 radical (unpaired) electrons. The Morgan fingerprint density at radius 1 is 1.05 bits per heavy atom. The smallest absolute Gasteiger partial charge is 0.149 e. The first-order chi connectivity index (χ1) is 9.33. The molecule has 0 amide bonds. The van der Waals surface area contributed by atoms with Gasteiger partial charge in [-0.2, -0.15) is 10.2 Å². The van der Waals surface area contributed by atoms with Gasteiger partial charge in [-0.1, -0.05) is 12.1 Å². The Labute approximate surface area is 107 Å². The van der Waals surface area contributed by atoms with E-state index in [2.05, 4.69) is 15.3 Å². The van der Waals surface area contributed by atoms with Crippen molar-refractivity contribution in [1.82, 2.24) is 20.0 Å². The molecule has 5 heteroatoms. The molecule has 0 fully saturated rings. The number of aromatic nitrogens is 4. The van der Waals surface area contributed by atoms with Gasteiger partial charge in [0, 0.05) is 10.8 Å². The highest BCUT2D eigenvalue weighted by atomic mass is 19.1. The Bertz CT molecular complexity index is 891. The Balaban J connectivity index is 2.03. The summed E-state index contributed by atoms with van der Waals surface area (Å²) < 4.78 is 15.5. The number of nitrogens with zero attached hydrogens (tertiary/aromatic N) is 3. The molecule has 2 aromatic heterocycles. The monoisotopic (exact) mass is 252 g/mol. The molecule has 0 aliphatic rings. The molecule has 4 rings (SSSR count). The molecular weight excluding hydrogens is 243 g/mol. The summed E-state index contributed by atoms with van der Waals surface area (Å²) in [4.78, 5) is 0. The van der Waals surface area contributed by atoms with Crippen molar-refractivity contribution in [2.75, 3.05) is 0 Å². The fraction of sp³-hybridized carbons (Fsp3) is 0. The van der Waals surface area contributed by atoms with E-state index in [1.807, 2.05) is 24.3 Å². The molecule has 2 aromatic carbocycles. The first kappa shape index (κ1) is 10.3. The van der Waals surface area contributed by atoms with Crippen LogP contribution in [0, 0.1) is 5.82 Å². The number of aromatic amines is 1. The minimum absolute atomic E-state index is 0.276. The van der Waals surface area contributed by atoms with Crippen LogP contribution in [0.15, 0.2) is 48.8 Å². The van der Waals surface area contributed by atoms with Gasteiger partial charge >= 0.3 is 0 Å². The van der Waals surface area contributed by atoms with Crippen molar-refractivity contribution in [3.05, 3.63) is 54.6 Å². The van der Waals surface area contributed by atoms with Crippen LogP contribution in [0.1, 0.15) is 0 Å². The first-order valence-corrected chi connectivity index (χ1v) is 5.89. The van der Waals surface area contributed by atoms with Gasteiger partial charge in [-0.15, -0.1) is 0 Å². The van der Waals surface area contributed by atoms with E-state index >= 15 is 0 Å². The summed E-state index contributed by atoms with van der Waals surface area (Å²) in [6.07, 6.45) is 3.40. The lowest BCUT2D eigenvalue weighted by Gasteiger charge is -2.04. The van der Waals surface area contributed by atoms with Gasteiger partial charge in [-0.3, -0.25) is 5.10 Å². The van der Waals surface area contributed by atoms with Crippen LogP contribution >= 0.6 is 0 Å². The van der Waals surface area contributed by atoms with Crippen molar-refractivity contribution in [3.8, 4) is 5.69 Å². The number of rotatable bonds is 1. The normalized spacial score (nSPS) is 11.4. The number of nitrogens with one attached hydrogen (secondary N) is 1. The maximum Gasteiger partial charge on any atom is 0.149 e. The zero-order valence-electron chi connectivity index (χ0n) is 9.84. The number of H-pyrrole nitrogens is 1. The fourth-order valence-electron chi connectivity index (χ4n) is 2.29. The number of hydrogen-bond donors (Lipinski definition) is 1. The fourth-order valence-corrected chi connectivity index (χ4v) is 2.29. The van der Waals surface area contributed by atoms with Crippen molar-refractivity contribution in [1.29, 1.82) is 0 Å². The quantitative estimate of drug-likeness (QED) is 0.566. The highest BCUT2D eigenvalue weighted by Gasteiger charge is 2.09. The summed E-state index contributed by atoms with van der Waals surface area (Å²) in [7, 11) is 0. The largest absolute Gasteiger partial charge is 0.278 e. The summed E-state index contributed by atoms with van der Waals surface area (Å²) in [5, 5.41) is 12.9. The second-order valence-electron chi connectivity index (χ2n) is 4.38. The molecule has 0 saturated carbocycles. The van der Waals surface area contributed by atoms with E-state index in [4.69, 9.17) is 0 Å². The van der Waals surface area contributed by atoms with Crippen molar-refractivity contribution in [2.24, 2.45) is 0 Å². The standard InChI is InChI=1S/C14H9FN4/c15-12-3-1-2-9-8-17-19(14(9)12)11-4-5-13-10(6-11)7-16-18-13/h1-8H,(H,16,18). The summed E-state index contributed by atoms with van der Waals surface area (Å²) in [6.45, 7) is 0. The average molecular weight is 252 g/mol. The van der Waals surface area contributed by atoms with Gasteiger partial charge in [-0.25, -0.2) is 9.07 Å². The minimum Gasteiger partial charge on any atom is -0.278 e. The molecule has 92 valence electrons.